The summed E-state index contributed by atoms with van der Waals surface area (Å²) in [7, 11) is 0. The van der Waals surface area contributed by atoms with E-state index in [0.29, 0.717) is 42.4 Å². The van der Waals surface area contributed by atoms with Gasteiger partial charge in [0.05, 0.1) is 12.2 Å². The minimum atomic E-state index is -1.20. The lowest BCUT2D eigenvalue weighted by molar-refractivity contribution is -0.160. The van der Waals surface area contributed by atoms with E-state index in [2.05, 4.69) is 25.3 Å². The maximum atomic E-state index is 15.5. The van der Waals surface area contributed by atoms with Gasteiger partial charge < -0.3 is 19.5 Å². The molecule has 2 heterocycles. The van der Waals surface area contributed by atoms with Gasteiger partial charge in [0.15, 0.2) is 17.7 Å². The van der Waals surface area contributed by atoms with E-state index in [-0.39, 0.29) is 0 Å². The van der Waals surface area contributed by atoms with Crippen molar-refractivity contribution in [3.63, 3.8) is 0 Å². The zero-order chi connectivity index (χ0) is 28.1. The largest absolute Gasteiger partial charge is 0.490 e. The first-order valence-electron chi connectivity index (χ1n) is 13.6. The van der Waals surface area contributed by atoms with Gasteiger partial charge in [-0.1, -0.05) is 20.4 Å². The number of carboxylic acid groups (broad SMARTS) is 1. The minimum Gasteiger partial charge on any atom is -0.490 e. The van der Waals surface area contributed by atoms with Gasteiger partial charge >= 0.3 is 5.97 Å². The fourth-order valence-corrected chi connectivity index (χ4v) is 6.04. The molecule has 1 N–H and O–H groups in total. The van der Waals surface area contributed by atoms with Crippen molar-refractivity contribution in [3.05, 3.63) is 63.1 Å². The Morgan fingerprint density at radius 2 is 1.84 bits per heavy atom. The minimum absolute atomic E-state index is 0.325. The van der Waals surface area contributed by atoms with Crippen LogP contribution in [-0.4, -0.2) is 34.7 Å². The Kier molecular flexibility index (Phi) is 7.68. The summed E-state index contributed by atoms with van der Waals surface area (Å²) in [5, 5.41) is 10.4. The normalized spacial score (nSPS) is 16.3. The van der Waals surface area contributed by atoms with Gasteiger partial charge in [-0.15, -0.1) is 0 Å². The number of carbonyl (C=O) groups is 1. The summed E-state index contributed by atoms with van der Waals surface area (Å²) >= 11 is 0. The van der Waals surface area contributed by atoms with Crippen LogP contribution < -0.4 is 4.74 Å². The fourth-order valence-electron chi connectivity index (χ4n) is 6.04. The van der Waals surface area contributed by atoms with Crippen LogP contribution in [0.25, 0.3) is 11.1 Å². The van der Waals surface area contributed by atoms with Crippen molar-refractivity contribution in [2.24, 2.45) is 5.92 Å². The molecule has 1 atom stereocenters. The molecule has 2 aromatic rings. The number of ether oxygens (including phenoxy) is 2. The summed E-state index contributed by atoms with van der Waals surface area (Å²) in [6, 6.07) is 1.53. The molecule has 0 amide bonds. The number of fused-ring (bicyclic) bond motifs is 2. The number of hydrogen-bond donors (Lipinski definition) is 1. The Morgan fingerprint density at radius 1 is 1.16 bits per heavy atom. The molecule has 0 saturated heterocycles. The van der Waals surface area contributed by atoms with Crippen molar-refractivity contribution in [2.45, 2.75) is 92.9 Å². The summed E-state index contributed by atoms with van der Waals surface area (Å²) in [6.07, 6.45) is 0.997. The summed E-state index contributed by atoms with van der Waals surface area (Å²) in [6.45, 7) is 22.4. The van der Waals surface area contributed by atoms with Crippen molar-refractivity contribution >= 4 is 5.97 Å². The first-order valence-corrected chi connectivity index (χ1v) is 13.6. The molecule has 0 saturated carbocycles. The molecular formula is C32H42FNO4. The van der Waals surface area contributed by atoms with Gasteiger partial charge in [0, 0.05) is 36.3 Å². The molecular weight excluding hydrogens is 481 g/mol. The maximum absolute atomic E-state index is 15.5. The molecule has 4 rings (SSSR count). The third-order valence-corrected chi connectivity index (χ3v) is 7.74. The Balaban J connectivity index is 2.06. The Labute approximate surface area is 226 Å². The molecule has 0 fully saturated rings. The van der Waals surface area contributed by atoms with Crippen molar-refractivity contribution in [3.8, 4) is 16.9 Å². The van der Waals surface area contributed by atoms with E-state index in [0.717, 1.165) is 58.5 Å². The molecule has 6 heteroatoms. The Morgan fingerprint density at radius 3 is 2.45 bits per heavy atom. The van der Waals surface area contributed by atoms with Crippen LogP contribution in [0.4, 0.5) is 4.39 Å². The highest BCUT2D eigenvalue weighted by Crippen LogP contribution is 2.46. The summed E-state index contributed by atoms with van der Waals surface area (Å²) in [4.78, 5) is 15.1. The van der Waals surface area contributed by atoms with E-state index in [1.165, 1.54) is 11.6 Å². The van der Waals surface area contributed by atoms with Crippen molar-refractivity contribution in [1.29, 1.82) is 0 Å². The lowest BCUT2D eigenvalue weighted by atomic mass is 9.78. The van der Waals surface area contributed by atoms with Gasteiger partial charge in [-0.05, 0) is 105 Å². The molecule has 206 valence electrons. The van der Waals surface area contributed by atoms with Crippen molar-refractivity contribution in [1.82, 2.24) is 4.90 Å². The molecule has 0 unspecified atom stereocenters. The number of allylic oxidation sites excluding steroid dienone is 1. The van der Waals surface area contributed by atoms with E-state index < -0.39 is 23.5 Å². The second-order valence-corrected chi connectivity index (χ2v) is 12.3. The smallest absolute Gasteiger partial charge is 0.337 e. The van der Waals surface area contributed by atoms with Crippen LogP contribution in [0.2, 0.25) is 0 Å². The number of hydrogen-bond acceptors (Lipinski definition) is 4. The second kappa shape index (κ2) is 10.4. The number of rotatable bonds is 6. The SMILES string of the molecule is C=C1Cc2c(C)c([C@H](OC(C)(C)C)C(=O)O)c(-c3cc(F)c4c(c3C)CCCO4)c(C)c2CN1CC(C)C. The summed E-state index contributed by atoms with van der Waals surface area (Å²) in [5.74, 6) is -0.660. The number of benzene rings is 2. The molecule has 5 nitrogen and oxygen atoms in total. The van der Waals surface area contributed by atoms with Gasteiger partial charge in [-0.2, -0.15) is 0 Å². The molecule has 2 aromatic carbocycles. The van der Waals surface area contributed by atoms with Gasteiger partial charge in [-0.25, -0.2) is 9.18 Å². The molecule has 0 aliphatic carbocycles. The van der Waals surface area contributed by atoms with Crippen LogP contribution in [-0.2, 0) is 28.9 Å². The van der Waals surface area contributed by atoms with E-state index in [4.69, 9.17) is 9.47 Å². The van der Waals surface area contributed by atoms with Gasteiger partial charge in [0.1, 0.15) is 0 Å². The number of nitrogens with zero attached hydrogens (tertiary/aromatic N) is 1. The van der Waals surface area contributed by atoms with Crippen LogP contribution in [0.3, 0.4) is 0 Å². The van der Waals surface area contributed by atoms with Crippen LogP contribution in [0.5, 0.6) is 5.75 Å². The number of halogens is 1. The molecule has 2 aliphatic heterocycles. The lowest BCUT2D eigenvalue weighted by Crippen LogP contribution is -2.34. The van der Waals surface area contributed by atoms with Crippen LogP contribution in [0.15, 0.2) is 18.3 Å². The van der Waals surface area contributed by atoms with Crippen molar-refractivity contribution in [2.75, 3.05) is 13.2 Å². The predicted octanol–water partition coefficient (Wildman–Crippen LogP) is 7.21. The van der Waals surface area contributed by atoms with E-state index >= 15 is 4.39 Å². The molecule has 2 aliphatic rings. The predicted molar refractivity (Wildman–Crippen MR) is 149 cm³/mol. The second-order valence-electron chi connectivity index (χ2n) is 12.3. The Bertz CT molecular complexity index is 1290. The standard InChI is InChI=1S/C32H42FNO4/c1-17(2)15-34-16-25-21(6)27(24-14-26(33)29-22(19(24)4)11-10-12-37-29)28(20(5)23(25)13-18(34)3)30(31(35)36)38-32(7,8)9/h14,17,30H,3,10-13,15-16H2,1-2,4-9H3,(H,35,36)/t30-/m0/s1. The maximum Gasteiger partial charge on any atom is 0.337 e. The Hall–Kier alpha value is -2.86. The average molecular weight is 524 g/mol. The third kappa shape index (κ3) is 5.20. The first-order chi connectivity index (χ1) is 17.7. The number of carboxylic acids is 1. The highest BCUT2D eigenvalue weighted by molar-refractivity contribution is 5.86. The average Bonchev–Trinajstić information content (AvgIpc) is 2.82. The van der Waals surface area contributed by atoms with Crippen LogP contribution >= 0.6 is 0 Å². The highest BCUT2D eigenvalue weighted by atomic mass is 19.1. The topological polar surface area (TPSA) is 59.0 Å². The molecule has 0 aromatic heterocycles. The third-order valence-electron chi connectivity index (χ3n) is 7.74. The van der Waals surface area contributed by atoms with Crippen LogP contribution in [0.1, 0.15) is 86.1 Å². The molecule has 0 bridgehead atoms. The fraction of sp³-hybridized carbons (Fsp3) is 0.531. The lowest BCUT2D eigenvalue weighted by Gasteiger charge is -2.38. The van der Waals surface area contributed by atoms with E-state index in [9.17, 15) is 9.90 Å². The highest BCUT2D eigenvalue weighted by Gasteiger charge is 2.36. The first kappa shape index (κ1) is 28.2. The quantitative estimate of drug-likeness (QED) is 0.433. The zero-order valence-electron chi connectivity index (χ0n) is 24.2. The summed E-state index contributed by atoms with van der Waals surface area (Å²) in [5.41, 5.74) is 8.36. The van der Waals surface area contributed by atoms with E-state index in [1.54, 1.807) is 0 Å². The van der Waals surface area contributed by atoms with Crippen molar-refractivity contribution < 1.29 is 23.8 Å². The van der Waals surface area contributed by atoms with Gasteiger partial charge in [-0.3, -0.25) is 0 Å². The molecule has 0 spiro atoms. The van der Waals surface area contributed by atoms with Crippen LogP contribution in [0, 0.1) is 32.5 Å². The zero-order valence-corrected chi connectivity index (χ0v) is 24.2. The number of aliphatic carboxylic acids is 1. The van der Waals surface area contributed by atoms with Gasteiger partial charge in [0.2, 0.25) is 0 Å². The summed E-state index contributed by atoms with van der Waals surface area (Å²) < 4.78 is 27.4. The molecule has 38 heavy (non-hydrogen) atoms. The molecule has 0 radical (unpaired) electrons. The van der Waals surface area contributed by atoms with Gasteiger partial charge in [0.25, 0.3) is 0 Å². The monoisotopic (exact) mass is 523 g/mol. The van der Waals surface area contributed by atoms with E-state index in [1.807, 2.05) is 41.5 Å².